The first-order valence-corrected chi connectivity index (χ1v) is 7.16. The largest absolute Gasteiger partial charge is 0.462 e. The predicted octanol–water partition coefficient (Wildman–Crippen LogP) is 1.88. The number of amides is 1. The summed E-state index contributed by atoms with van der Waals surface area (Å²) in [5.74, 6) is 0.646. The van der Waals surface area contributed by atoms with E-state index >= 15 is 0 Å². The minimum absolute atomic E-state index is 0.0518. The molecular weight excluding hydrogens is 262 g/mol. The van der Waals surface area contributed by atoms with Gasteiger partial charge >= 0.3 is 0 Å². The maximum Gasteiger partial charge on any atom is 0.263 e. The molecule has 0 bridgehead atoms. The first kappa shape index (κ1) is 12.4. The van der Waals surface area contributed by atoms with Crippen molar-refractivity contribution in [2.75, 3.05) is 13.1 Å². The zero-order chi connectivity index (χ0) is 13.1. The fourth-order valence-electron chi connectivity index (χ4n) is 2.12. The predicted molar refractivity (Wildman–Crippen MR) is 73.2 cm³/mol. The van der Waals surface area contributed by atoms with Crippen LogP contribution in [-0.2, 0) is 0 Å². The standard InChI is InChI=1S/C13H15N3O2S/c17-12(16-9-3-1-5-14-7-9)11-8-15-13(19-11)10-4-2-6-18-10/h2,4,6,8-9,14H,1,3,5,7H2,(H,16,17)/t9-/m0/s1. The molecule has 0 spiro atoms. The van der Waals surface area contributed by atoms with E-state index in [4.69, 9.17) is 4.42 Å². The van der Waals surface area contributed by atoms with Gasteiger partial charge < -0.3 is 15.1 Å². The second-order valence-electron chi connectivity index (χ2n) is 4.52. The Labute approximate surface area is 115 Å². The third kappa shape index (κ3) is 2.85. The summed E-state index contributed by atoms with van der Waals surface area (Å²) in [6.45, 7) is 1.88. The summed E-state index contributed by atoms with van der Waals surface area (Å²) in [6, 6.07) is 3.87. The molecule has 3 heterocycles. The van der Waals surface area contributed by atoms with Gasteiger partial charge in [0.05, 0.1) is 12.5 Å². The van der Waals surface area contributed by atoms with Gasteiger partial charge in [-0.1, -0.05) is 0 Å². The summed E-state index contributed by atoms with van der Waals surface area (Å²) in [4.78, 5) is 16.9. The van der Waals surface area contributed by atoms with E-state index in [2.05, 4.69) is 15.6 Å². The number of aromatic nitrogens is 1. The van der Waals surface area contributed by atoms with E-state index in [0.717, 1.165) is 30.9 Å². The Morgan fingerprint density at radius 2 is 2.53 bits per heavy atom. The van der Waals surface area contributed by atoms with Gasteiger partial charge in [-0.05, 0) is 31.5 Å². The maximum absolute atomic E-state index is 12.1. The number of thiazole rings is 1. The molecule has 0 aliphatic carbocycles. The molecule has 2 aromatic rings. The summed E-state index contributed by atoms with van der Waals surface area (Å²) in [5.41, 5.74) is 0. The van der Waals surface area contributed by atoms with E-state index in [1.54, 1.807) is 12.5 Å². The molecule has 1 aliphatic heterocycles. The molecule has 2 aromatic heterocycles. The Kier molecular flexibility index (Phi) is 3.61. The summed E-state index contributed by atoms with van der Waals surface area (Å²) in [6.07, 6.45) is 5.34. The Morgan fingerprint density at radius 1 is 1.58 bits per heavy atom. The van der Waals surface area contributed by atoms with Gasteiger partial charge in [0.2, 0.25) is 0 Å². The fraction of sp³-hybridized carbons (Fsp3) is 0.385. The Hall–Kier alpha value is -1.66. The number of piperidine rings is 1. The smallest absolute Gasteiger partial charge is 0.263 e. The van der Waals surface area contributed by atoms with Crippen LogP contribution in [0.5, 0.6) is 0 Å². The first-order valence-electron chi connectivity index (χ1n) is 6.34. The molecular formula is C13H15N3O2S. The van der Waals surface area contributed by atoms with Crippen molar-refractivity contribution in [3.05, 3.63) is 29.5 Å². The molecule has 0 radical (unpaired) electrons. The van der Waals surface area contributed by atoms with Gasteiger partial charge in [-0.2, -0.15) is 0 Å². The van der Waals surface area contributed by atoms with Gasteiger partial charge in [0, 0.05) is 12.6 Å². The van der Waals surface area contributed by atoms with Crippen LogP contribution in [0.2, 0.25) is 0 Å². The third-order valence-electron chi connectivity index (χ3n) is 3.09. The van der Waals surface area contributed by atoms with E-state index in [1.165, 1.54) is 11.3 Å². The molecule has 19 heavy (non-hydrogen) atoms. The highest BCUT2D eigenvalue weighted by Gasteiger charge is 2.18. The van der Waals surface area contributed by atoms with Crippen molar-refractivity contribution in [2.24, 2.45) is 0 Å². The molecule has 0 unspecified atom stereocenters. The Balaban J connectivity index is 1.67. The fourth-order valence-corrected chi connectivity index (χ4v) is 2.91. The van der Waals surface area contributed by atoms with E-state index in [0.29, 0.717) is 10.6 Å². The van der Waals surface area contributed by atoms with Crippen molar-refractivity contribution < 1.29 is 9.21 Å². The molecule has 1 atom stereocenters. The molecule has 3 rings (SSSR count). The second-order valence-corrected chi connectivity index (χ2v) is 5.55. The van der Waals surface area contributed by atoms with Crippen molar-refractivity contribution in [1.82, 2.24) is 15.6 Å². The van der Waals surface area contributed by atoms with Crippen molar-refractivity contribution in [2.45, 2.75) is 18.9 Å². The lowest BCUT2D eigenvalue weighted by atomic mass is 10.1. The molecule has 1 amide bonds. The molecule has 100 valence electrons. The van der Waals surface area contributed by atoms with Crippen molar-refractivity contribution in [1.29, 1.82) is 0 Å². The minimum atomic E-state index is -0.0518. The van der Waals surface area contributed by atoms with Crippen LogP contribution < -0.4 is 10.6 Å². The van der Waals surface area contributed by atoms with Crippen LogP contribution in [-0.4, -0.2) is 30.0 Å². The highest BCUT2D eigenvalue weighted by Crippen LogP contribution is 2.25. The summed E-state index contributed by atoms with van der Waals surface area (Å²) in [7, 11) is 0. The van der Waals surface area contributed by atoms with Crippen molar-refractivity contribution in [3.8, 4) is 10.8 Å². The lowest BCUT2D eigenvalue weighted by Crippen LogP contribution is -2.45. The molecule has 6 heteroatoms. The molecule has 0 saturated carbocycles. The van der Waals surface area contributed by atoms with Crippen LogP contribution in [0.4, 0.5) is 0 Å². The molecule has 1 saturated heterocycles. The summed E-state index contributed by atoms with van der Waals surface area (Å²) >= 11 is 1.35. The molecule has 0 aromatic carbocycles. The number of furan rings is 1. The van der Waals surface area contributed by atoms with Crippen LogP contribution in [0.3, 0.4) is 0 Å². The maximum atomic E-state index is 12.1. The lowest BCUT2D eigenvalue weighted by molar-refractivity contribution is 0.0934. The Morgan fingerprint density at radius 3 is 3.26 bits per heavy atom. The number of nitrogens with zero attached hydrogens (tertiary/aromatic N) is 1. The average Bonchev–Trinajstić information content (AvgIpc) is 3.11. The number of nitrogens with one attached hydrogen (secondary N) is 2. The monoisotopic (exact) mass is 277 g/mol. The van der Waals surface area contributed by atoms with Crippen molar-refractivity contribution in [3.63, 3.8) is 0 Å². The SMILES string of the molecule is O=C(N[C@H]1CCCNC1)c1cnc(-c2ccco2)s1. The van der Waals surface area contributed by atoms with Crippen LogP contribution in [0.25, 0.3) is 10.8 Å². The number of hydrogen-bond acceptors (Lipinski definition) is 5. The van der Waals surface area contributed by atoms with Gasteiger partial charge in [-0.25, -0.2) is 4.98 Å². The number of rotatable bonds is 3. The molecule has 1 aliphatic rings. The zero-order valence-electron chi connectivity index (χ0n) is 10.4. The van der Waals surface area contributed by atoms with Gasteiger partial charge in [0.15, 0.2) is 10.8 Å². The highest BCUT2D eigenvalue weighted by atomic mass is 32.1. The topological polar surface area (TPSA) is 67.2 Å². The normalized spacial score (nSPS) is 19.3. The number of hydrogen-bond donors (Lipinski definition) is 2. The van der Waals surface area contributed by atoms with Crippen molar-refractivity contribution >= 4 is 17.2 Å². The first-order chi connectivity index (χ1) is 9.33. The second kappa shape index (κ2) is 5.54. The molecule has 2 N–H and O–H groups in total. The quantitative estimate of drug-likeness (QED) is 0.899. The van der Waals surface area contributed by atoms with Crippen LogP contribution in [0, 0.1) is 0 Å². The summed E-state index contributed by atoms with van der Waals surface area (Å²) < 4.78 is 5.27. The van der Waals surface area contributed by atoms with E-state index in [-0.39, 0.29) is 11.9 Å². The number of carbonyl (C=O) groups excluding carboxylic acids is 1. The van der Waals surface area contributed by atoms with Gasteiger partial charge in [0.25, 0.3) is 5.91 Å². The van der Waals surface area contributed by atoms with Gasteiger partial charge in [-0.15, -0.1) is 11.3 Å². The highest BCUT2D eigenvalue weighted by molar-refractivity contribution is 7.16. The Bertz CT molecular complexity index is 544. The number of carbonyl (C=O) groups is 1. The van der Waals surface area contributed by atoms with Gasteiger partial charge in [0.1, 0.15) is 4.88 Å². The lowest BCUT2D eigenvalue weighted by Gasteiger charge is -2.23. The van der Waals surface area contributed by atoms with Crippen LogP contribution in [0.1, 0.15) is 22.5 Å². The molecule has 5 nitrogen and oxygen atoms in total. The van der Waals surface area contributed by atoms with Gasteiger partial charge in [-0.3, -0.25) is 4.79 Å². The van der Waals surface area contributed by atoms with E-state index < -0.39 is 0 Å². The summed E-state index contributed by atoms with van der Waals surface area (Å²) in [5, 5.41) is 7.04. The van der Waals surface area contributed by atoms with E-state index in [9.17, 15) is 4.79 Å². The van der Waals surface area contributed by atoms with E-state index in [1.807, 2.05) is 12.1 Å². The average molecular weight is 277 g/mol. The molecule has 1 fully saturated rings. The third-order valence-corrected chi connectivity index (χ3v) is 4.10. The minimum Gasteiger partial charge on any atom is -0.462 e. The zero-order valence-corrected chi connectivity index (χ0v) is 11.2. The van der Waals surface area contributed by atoms with Crippen LogP contribution in [0.15, 0.2) is 29.0 Å². The van der Waals surface area contributed by atoms with Crippen LogP contribution >= 0.6 is 11.3 Å².